The zero-order chi connectivity index (χ0) is 12.7. The van der Waals surface area contributed by atoms with E-state index >= 15 is 0 Å². The molecule has 1 aliphatic heterocycles. The molecule has 0 radical (unpaired) electrons. The van der Waals surface area contributed by atoms with Crippen molar-refractivity contribution in [1.82, 2.24) is 4.98 Å². The Balaban J connectivity index is 1.87. The number of hydrogen-bond donors (Lipinski definition) is 2. The number of benzene rings is 1. The van der Waals surface area contributed by atoms with Crippen molar-refractivity contribution >= 4 is 22.8 Å². The zero-order valence-corrected chi connectivity index (χ0v) is 10.3. The quantitative estimate of drug-likeness (QED) is 0.789. The van der Waals surface area contributed by atoms with Crippen LogP contribution >= 0.6 is 0 Å². The number of nitrogen functional groups attached to an aromatic ring is 1. The Hall–Kier alpha value is -1.75. The van der Waals surface area contributed by atoms with Gasteiger partial charge in [0.25, 0.3) is 6.01 Å². The van der Waals surface area contributed by atoms with Gasteiger partial charge in [0.15, 0.2) is 5.58 Å². The smallest absolute Gasteiger partial charge is 0.298 e. The second kappa shape index (κ2) is 4.17. The van der Waals surface area contributed by atoms with Gasteiger partial charge < -0.3 is 20.2 Å². The van der Waals surface area contributed by atoms with Crippen LogP contribution in [0.5, 0.6) is 0 Å². The molecule has 0 spiro atoms. The molecule has 2 aromatic rings. The summed E-state index contributed by atoms with van der Waals surface area (Å²) < 4.78 is 5.71. The largest absolute Gasteiger partial charge is 0.423 e. The number of fused-ring (bicyclic) bond motifs is 1. The molecular weight excluding hydrogens is 230 g/mol. The fraction of sp³-hybridized carbons (Fsp3) is 0.462. The number of hydrogen-bond acceptors (Lipinski definition) is 5. The number of anilines is 2. The van der Waals surface area contributed by atoms with Crippen LogP contribution in [0.1, 0.15) is 13.3 Å². The van der Waals surface area contributed by atoms with Gasteiger partial charge in [0, 0.05) is 24.7 Å². The van der Waals surface area contributed by atoms with Crippen LogP contribution in [0.15, 0.2) is 22.6 Å². The van der Waals surface area contributed by atoms with E-state index in [0.29, 0.717) is 17.6 Å². The van der Waals surface area contributed by atoms with Crippen molar-refractivity contribution in [2.45, 2.75) is 19.4 Å². The van der Waals surface area contributed by atoms with Gasteiger partial charge in [-0.25, -0.2) is 0 Å². The third-order valence-corrected chi connectivity index (χ3v) is 3.58. The Morgan fingerprint density at radius 2 is 2.39 bits per heavy atom. The van der Waals surface area contributed by atoms with Crippen LogP contribution in [0.3, 0.4) is 0 Å². The first-order chi connectivity index (χ1) is 8.63. The highest BCUT2D eigenvalue weighted by molar-refractivity contribution is 5.78. The topological polar surface area (TPSA) is 75.5 Å². The summed E-state index contributed by atoms with van der Waals surface area (Å²) in [5, 5.41) is 9.60. The normalized spacial score (nSPS) is 21.7. The van der Waals surface area contributed by atoms with Crippen molar-refractivity contribution < 1.29 is 9.52 Å². The summed E-state index contributed by atoms with van der Waals surface area (Å²) in [6.07, 6.45) is 0.688. The van der Waals surface area contributed by atoms with E-state index in [9.17, 15) is 5.11 Å². The van der Waals surface area contributed by atoms with Crippen molar-refractivity contribution in [2.75, 3.05) is 23.7 Å². The maximum Gasteiger partial charge on any atom is 0.298 e. The third-order valence-electron chi connectivity index (χ3n) is 3.58. The van der Waals surface area contributed by atoms with Crippen LogP contribution in [0.4, 0.5) is 11.7 Å². The molecule has 1 saturated heterocycles. The predicted octanol–water partition coefficient (Wildman–Crippen LogP) is 1.62. The van der Waals surface area contributed by atoms with Crippen molar-refractivity contribution in [1.29, 1.82) is 0 Å². The molecule has 1 aromatic carbocycles. The highest BCUT2D eigenvalue weighted by Crippen LogP contribution is 2.28. The van der Waals surface area contributed by atoms with Crippen LogP contribution in [0.25, 0.3) is 11.1 Å². The number of aliphatic hydroxyl groups excluding tert-OH is 1. The molecule has 5 nitrogen and oxygen atoms in total. The number of nitrogens with zero attached hydrogens (tertiary/aromatic N) is 2. The molecule has 0 amide bonds. The SMILES string of the molecule is CC(O)C1CCN(c2nc3cc(N)ccc3o2)C1. The minimum absolute atomic E-state index is 0.282. The van der Waals surface area contributed by atoms with Crippen molar-refractivity contribution in [3.8, 4) is 0 Å². The highest BCUT2D eigenvalue weighted by atomic mass is 16.4. The lowest BCUT2D eigenvalue weighted by Crippen LogP contribution is -2.23. The average molecular weight is 247 g/mol. The van der Waals surface area contributed by atoms with Gasteiger partial charge in [-0.2, -0.15) is 4.98 Å². The van der Waals surface area contributed by atoms with Gasteiger partial charge in [-0.15, -0.1) is 0 Å². The number of aromatic nitrogens is 1. The number of oxazole rings is 1. The average Bonchev–Trinajstić information content (AvgIpc) is 2.93. The summed E-state index contributed by atoms with van der Waals surface area (Å²) in [6, 6.07) is 6.08. The molecule has 2 heterocycles. The summed E-state index contributed by atoms with van der Waals surface area (Å²) in [5.41, 5.74) is 7.94. The van der Waals surface area contributed by atoms with Crippen molar-refractivity contribution in [2.24, 2.45) is 5.92 Å². The molecule has 5 heteroatoms. The first-order valence-electron chi connectivity index (χ1n) is 6.22. The number of rotatable bonds is 2. The minimum atomic E-state index is -0.282. The Kier molecular flexibility index (Phi) is 2.63. The Bertz CT molecular complexity index is 564. The van der Waals surface area contributed by atoms with Crippen molar-refractivity contribution in [3.63, 3.8) is 0 Å². The lowest BCUT2D eigenvalue weighted by Gasteiger charge is -2.15. The van der Waals surface area contributed by atoms with Crippen LogP contribution in [0.2, 0.25) is 0 Å². The van der Waals surface area contributed by atoms with Crippen LogP contribution in [-0.2, 0) is 0 Å². The molecule has 3 rings (SSSR count). The van der Waals surface area contributed by atoms with Gasteiger partial charge in [0.2, 0.25) is 0 Å². The fourth-order valence-corrected chi connectivity index (χ4v) is 2.42. The number of nitrogens with two attached hydrogens (primary N) is 1. The lowest BCUT2D eigenvalue weighted by molar-refractivity contribution is 0.136. The molecule has 18 heavy (non-hydrogen) atoms. The summed E-state index contributed by atoms with van der Waals surface area (Å²) in [5.74, 6) is 0.296. The Morgan fingerprint density at radius 3 is 3.11 bits per heavy atom. The summed E-state index contributed by atoms with van der Waals surface area (Å²) in [6.45, 7) is 3.50. The monoisotopic (exact) mass is 247 g/mol. The highest BCUT2D eigenvalue weighted by Gasteiger charge is 2.28. The van der Waals surface area contributed by atoms with Crippen LogP contribution < -0.4 is 10.6 Å². The van der Waals surface area contributed by atoms with Gasteiger partial charge in [-0.1, -0.05) is 0 Å². The second-order valence-electron chi connectivity index (χ2n) is 4.96. The maximum atomic E-state index is 9.60. The van der Waals surface area contributed by atoms with E-state index in [1.807, 2.05) is 19.1 Å². The fourth-order valence-electron chi connectivity index (χ4n) is 2.42. The molecule has 3 N–H and O–H groups in total. The Morgan fingerprint density at radius 1 is 1.56 bits per heavy atom. The second-order valence-corrected chi connectivity index (χ2v) is 4.96. The lowest BCUT2D eigenvalue weighted by atomic mass is 10.0. The van der Waals surface area contributed by atoms with Gasteiger partial charge in [0.05, 0.1) is 6.10 Å². The van der Waals surface area contributed by atoms with E-state index < -0.39 is 0 Å². The molecule has 0 saturated carbocycles. The molecule has 2 unspecified atom stereocenters. The first-order valence-corrected chi connectivity index (χ1v) is 6.22. The molecule has 1 aromatic heterocycles. The Labute approximate surface area is 105 Å². The summed E-state index contributed by atoms with van der Waals surface area (Å²) >= 11 is 0. The minimum Gasteiger partial charge on any atom is -0.423 e. The molecule has 0 bridgehead atoms. The van der Waals surface area contributed by atoms with Gasteiger partial charge >= 0.3 is 0 Å². The standard InChI is InChI=1S/C13H17N3O2/c1-8(17)9-4-5-16(7-9)13-15-11-6-10(14)2-3-12(11)18-13/h2-3,6,8-9,17H,4-5,7,14H2,1H3. The summed E-state index contributed by atoms with van der Waals surface area (Å²) in [7, 11) is 0. The van der Waals surface area contributed by atoms with E-state index in [2.05, 4.69) is 9.88 Å². The summed E-state index contributed by atoms with van der Waals surface area (Å²) in [4.78, 5) is 6.52. The molecule has 2 atom stereocenters. The first kappa shape index (κ1) is 11.3. The molecule has 96 valence electrons. The van der Waals surface area contributed by atoms with Gasteiger partial charge in [0.1, 0.15) is 5.52 Å². The molecule has 1 fully saturated rings. The molecular formula is C13H17N3O2. The maximum absolute atomic E-state index is 9.60. The van der Waals surface area contributed by atoms with E-state index in [-0.39, 0.29) is 6.10 Å². The van der Waals surface area contributed by atoms with E-state index in [4.69, 9.17) is 10.2 Å². The van der Waals surface area contributed by atoms with E-state index in [1.165, 1.54) is 0 Å². The number of aliphatic hydroxyl groups is 1. The molecule has 1 aliphatic rings. The van der Waals surface area contributed by atoms with E-state index in [0.717, 1.165) is 30.6 Å². The van der Waals surface area contributed by atoms with Gasteiger partial charge in [-0.05, 0) is 31.5 Å². The third kappa shape index (κ3) is 1.90. The molecule has 0 aliphatic carbocycles. The van der Waals surface area contributed by atoms with E-state index in [1.54, 1.807) is 6.07 Å². The van der Waals surface area contributed by atoms with Crippen LogP contribution in [-0.4, -0.2) is 29.3 Å². The predicted molar refractivity (Wildman–Crippen MR) is 70.4 cm³/mol. The van der Waals surface area contributed by atoms with Crippen molar-refractivity contribution in [3.05, 3.63) is 18.2 Å². The van der Waals surface area contributed by atoms with Crippen LogP contribution in [0, 0.1) is 5.92 Å². The zero-order valence-electron chi connectivity index (χ0n) is 10.3. The van der Waals surface area contributed by atoms with Gasteiger partial charge in [-0.3, -0.25) is 0 Å².